The number of carbonyl (C=O) groups is 1. The molecule has 0 aromatic carbocycles. The summed E-state index contributed by atoms with van der Waals surface area (Å²) in [6.45, 7) is 11.2. The highest BCUT2D eigenvalue weighted by atomic mass is 16.4. The quantitative estimate of drug-likeness (QED) is 0.758. The normalized spacial score (nSPS) is 41.1. The molecule has 0 saturated heterocycles. The number of rotatable bonds is 5. The lowest BCUT2D eigenvalue weighted by atomic mass is 9.45. The Bertz CT molecular complexity index is 440. The summed E-state index contributed by atoms with van der Waals surface area (Å²) < 4.78 is 0. The standard InChI is InChI=1S/C20H36O3/c1-14(13-17(21)22)7-8-16-19(4)11-6-10-18(2,3)15(19)9-12-20(16,5)23/h14-16,23H,6-13H2,1-5H3,(H,21,22)/t14-,15+,16-,19+,20+/m0/s1. The molecule has 5 atom stereocenters. The summed E-state index contributed by atoms with van der Waals surface area (Å²) in [6.07, 6.45) is 7.83. The van der Waals surface area contributed by atoms with Gasteiger partial charge < -0.3 is 10.2 Å². The summed E-state index contributed by atoms with van der Waals surface area (Å²) in [5.41, 5.74) is -0.0670. The first kappa shape index (κ1) is 18.8. The summed E-state index contributed by atoms with van der Waals surface area (Å²) in [5.74, 6) is 0.424. The highest BCUT2D eigenvalue weighted by Gasteiger charge is 2.57. The molecule has 2 rings (SSSR count). The molecule has 0 aromatic rings. The molecule has 0 aliphatic heterocycles. The molecule has 0 unspecified atom stereocenters. The molecule has 2 aliphatic rings. The number of hydrogen-bond acceptors (Lipinski definition) is 2. The van der Waals surface area contributed by atoms with Gasteiger partial charge in [0.25, 0.3) is 0 Å². The van der Waals surface area contributed by atoms with Gasteiger partial charge in [0.1, 0.15) is 0 Å². The van der Waals surface area contributed by atoms with Crippen molar-refractivity contribution in [2.45, 2.75) is 91.6 Å². The number of hydrogen-bond donors (Lipinski definition) is 2. The zero-order chi connectivity index (χ0) is 17.5. The molecule has 0 heterocycles. The van der Waals surface area contributed by atoms with E-state index in [-0.39, 0.29) is 23.7 Å². The Morgan fingerprint density at radius 3 is 2.43 bits per heavy atom. The van der Waals surface area contributed by atoms with Gasteiger partial charge in [0.2, 0.25) is 0 Å². The lowest BCUT2D eigenvalue weighted by molar-refractivity contribution is -0.170. The minimum atomic E-state index is -0.712. The third-order valence-corrected chi connectivity index (χ3v) is 7.23. The highest BCUT2D eigenvalue weighted by Crippen LogP contribution is 2.63. The summed E-state index contributed by atoms with van der Waals surface area (Å²) in [4.78, 5) is 10.9. The second-order valence-electron chi connectivity index (χ2n) is 9.63. The Hall–Kier alpha value is -0.570. The Balaban J connectivity index is 2.17. The van der Waals surface area contributed by atoms with Crippen molar-refractivity contribution in [3.8, 4) is 0 Å². The van der Waals surface area contributed by atoms with Gasteiger partial charge in [0, 0.05) is 6.42 Å². The third-order valence-electron chi connectivity index (χ3n) is 7.23. The second kappa shape index (κ2) is 6.38. The van der Waals surface area contributed by atoms with Crippen LogP contribution in [0.15, 0.2) is 0 Å². The van der Waals surface area contributed by atoms with Gasteiger partial charge in [-0.25, -0.2) is 0 Å². The fourth-order valence-corrected chi connectivity index (χ4v) is 6.12. The van der Waals surface area contributed by atoms with Crippen LogP contribution in [-0.4, -0.2) is 21.8 Å². The Labute approximate surface area is 141 Å². The number of carboxylic acid groups (broad SMARTS) is 1. The van der Waals surface area contributed by atoms with Gasteiger partial charge in [-0.3, -0.25) is 4.79 Å². The van der Waals surface area contributed by atoms with Crippen LogP contribution in [0.25, 0.3) is 0 Å². The molecule has 3 heteroatoms. The van der Waals surface area contributed by atoms with Crippen LogP contribution in [0.2, 0.25) is 0 Å². The van der Waals surface area contributed by atoms with Crippen LogP contribution >= 0.6 is 0 Å². The summed E-state index contributed by atoms with van der Waals surface area (Å²) in [5, 5.41) is 20.1. The van der Waals surface area contributed by atoms with Gasteiger partial charge in [0.15, 0.2) is 0 Å². The Morgan fingerprint density at radius 2 is 1.83 bits per heavy atom. The topological polar surface area (TPSA) is 57.5 Å². The average Bonchev–Trinajstić information content (AvgIpc) is 2.34. The molecule has 3 nitrogen and oxygen atoms in total. The minimum absolute atomic E-state index is 0.184. The molecular formula is C20H36O3. The maximum absolute atomic E-state index is 11.1. The molecule has 0 aromatic heterocycles. The van der Waals surface area contributed by atoms with Crippen LogP contribution in [0.1, 0.15) is 86.0 Å². The SMILES string of the molecule is C[C@@H](CC[C@H]1[C@]2(C)CCCC(C)(C)[C@H]2CC[C@@]1(C)O)CC(=O)O. The molecule has 0 spiro atoms. The van der Waals surface area contributed by atoms with Gasteiger partial charge in [0.05, 0.1) is 5.60 Å². The van der Waals surface area contributed by atoms with E-state index in [1.807, 2.05) is 13.8 Å². The first-order valence-corrected chi connectivity index (χ1v) is 9.43. The van der Waals surface area contributed by atoms with E-state index in [2.05, 4.69) is 20.8 Å². The minimum Gasteiger partial charge on any atom is -0.481 e. The van der Waals surface area contributed by atoms with Crippen molar-refractivity contribution in [1.82, 2.24) is 0 Å². The van der Waals surface area contributed by atoms with Crippen LogP contribution < -0.4 is 0 Å². The van der Waals surface area contributed by atoms with Gasteiger partial charge in [-0.05, 0) is 74.0 Å². The van der Waals surface area contributed by atoms with E-state index in [4.69, 9.17) is 5.11 Å². The molecule has 2 saturated carbocycles. The summed E-state index contributed by atoms with van der Waals surface area (Å²) >= 11 is 0. The van der Waals surface area contributed by atoms with Crippen molar-refractivity contribution in [3.05, 3.63) is 0 Å². The van der Waals surface area contributed by atoms with E-state index in [1.165, 1.54) is 19.3 Å². The van der Waals surface area contributed by atoms with Gasteiger partial charge in [-0.15, -0.1) is 0 Å². The first-order chi connectivity index (χ1) is 10.5. The largest absolute Gasteiger partial charge is 0.481 e. The molecular weight excluding hydrogens is 288 g/mol. The van der Waals surface area contributed by atoms with Crippen LogP contribution in [-0.2, 0) is 4.79 Å². The zero-order valence-electron chi connectivity index (χ0n) is 15.7. The molecule has 0 radical (unpaired) electrons. The fourth-order valence-electron chi connectivity index (χ4n) is 6.12. The van der Waals surface area contributed by atoms with Crippen molar-refractivity contribution in [1.29, 1.82) is 0 Å². The molecule has 0 bridgehead atoms. The molecule has 23 heavy (non-hydrogen) atoms. The monoisotopic (exact) mass is 324 g/mol. The van der Waals surface area contributed by atoms with E-state index in [9.17, 15) is 9.90 Å². The second-order valence-corrected chi connectivity index (χ2v) is 9.63. The maximum atomic E-state index is 11.1. The molecule has 2 N–H and O–H groups in total. The number of aliphatic carboxylic acids is 1. The number of carboxylic acids is 1. The van der Waals surface area contributed by atoms with Crippen molar-refractivity contribution in [2.24, 2.45) is 28.6 Å². The van der Waals surface area contributed by atoms with E-state index in [0.29, 0.717) is 11.3 Å². The third kappa shape index (κ3) is 3.75. The highest BCUT2D eigenvalue weighted by molar-refractivity contribution is 5.66. The Kier molecular flexibility index (Phi) is 5.21. The predicted molar refractivity (Wildman–Crippen MR) is 93.2 cm³/mol. The van der Waals surface area contributed by atoms with E-state index in [1.54, 1.807) is 0 Å². The lowest BCUT2D eigenvalue weighted by Gasteiger charge is -2.61. The maximum Gasteiger partial charge on any atom is 0.303 e. The van der Waals surface area contributed by atoms with Crippen molar-refractivity contribution in [3.63, 3.8) is 0 Å². The molecule has 2 aliphatic carbocycles. The Morgan fingerprint density at radius 1 is 1.17 bits per heavy atom. The molecule has 2 fully saturated rings. The smallest absolute Gasteiger partial charge is 0.303 e. The van der Waals surface area contributed by atoms with Gasteiger partial charge in [-0.2, -0.15) is 0 Å². The first-order valence-electron chi connectivity index (χ1n) is 9.43. The van der Waals surface area contributed by atoms with Gasteiger partial charge >= 0.3 is 5.97 Å². The van der Waals surface area contributed by atoms with Crippen molar-refractivity contribution >= 4 is 5.97 Å². The zero-order valence-corrected chi connectivity index (χ0v) is 15.7. The average molecular weight is 325 g/mol. The van der Waals surface area contributed by atoms with Crippen LogP contribution in [0.4, 0.5) is 0 Å². The predicted octanol–water partition coefficient (Wildman–Crippen LogP) is 4.87. The lowest BCUT2D eigenvalue weighted by Crippen LogP contribution is -2.57. The molecule has 0 amide bonds. The van der Waals surface area contributed by atoms with Crippen molar-refractivity contribution < 1.29 is 15.0 Å². The molecule has 134 valence electrons. The van der Waals surface area contributed by atoms with E-state index in [0.717, 1.165) is 25.7 Å². The van der Waals surface area contributed by atoms with Crippen LogP contribution in [0.3, 0.4) is 0 Å². The van der Waals surface area contributed by atoms with E-state index < -0.39 is 11.6 Å². The van der Waals surface area contributed by atoms with Crippen LogP contribution in [0, 0.1) is 28.6 Å². The van der Waals surface area contributed by atoms with E-state index >= 15 is 0 Å². The van der Waals surface area contributed by atoms with Crippen LogP contribution in [0.5, 0.6) is 0 Å². The number of aliphatic hydroxyl groups is 1. The summed E-state index contributed by atoms with van der Waals surface area (Å²) in [7, 11) is 0. The summed E-state index contributed by atoms with van der Waals surface area (Å²) in [6, 6.07) is 0. The number of fused-ring (bicyclic) bond motifs is 1. The fraction of sp³-hybridized carbons (Fsp3) is 0.950. The van der Waals surface area contributed by atoms with Crippen molar-refractivity contribution in [2.75, 3.05) is 0 Å². The van der Waals surface area contributed by atoms with Gasteiger partial charge in [-0.1, -0.05) is 34.1 Å².